The zero-order chi connectivity index (χ0) is 15.4. The van der Waals surface area contributed by atoms with Crippen LogP contribution < -0.4 is 0 Å². The van der Waals surface area contributed by atoms with Gasteiger partial charge in [0.05, 0.1) is 0 Å². The lowest BCUT2D eigenvalue weighted by Gasteiger charge is -2.00. The fourth-order valence-electron chi connectivity index (χ4n) is 1.74. The second kappa shape index (κ2) is 5.92. The summed E-state index contributed by atoms with van der Waals surface area (Å²) in [5.41, 5.74) is 0. The zero-order valence-corrected chi connectivity index (χ0v) is 10.9. The Morgan fingerprint density at radius 2 is 0.905 bits per heavy atom. The number of aromatic hydroxyl groups is 5. The van der Waals surface area contributed by atoms with E-state index in [0.717, 1.165) is 10.8 Å². The van der Waals surface area contributed by atoms with E-state index in [1.165, 1.54) is 18.2 Å². The lowest BCUT2D eigenvalue weighted by atomic mass is 10.1. The van der Waals surface area contributed by atoms with Crippen molar-refractivity contribution >= 4 is 10.8 Å². The predicted molar refractivity (Wildman–Crippen MR) is 78.7 cm³/mol. The molecule has 5 nitrogen and oxygen atoms in total. The molecule has 21 heavy (non-hydrogen) atoms. The average Bonchev–Trinajstić information content (AvgIpc) is 2.47. The van der Waals surface area contributed by atoms with Gasteiger partial charge in [0.2, 0.25) is 0 Å². The monoisotopic (exact) mass is 286 g/mol. The van der Waals surface area contributed by atoms with Crippen LogP contribution in [-0.4, -0.2) is 25.5 Å². The van der Waals surface area contributed by atoms with Gasteiger partial charge in [-0.2, -0.15) is 0 Å². The fraction of sp³-hybridized carbons (Fsp3) is 0. The minimum Gasteiger partial charge on any atom is -0.504 e. The van der Waals surface area contributed by atoms with E-state index in [0.29, 0.717) is 0 Å². The van der Waals surface area contributed by atoms with E-state index >= 15 is 0 Å². The Labute approximate surface area is 120 Å². The van der Waals surface area contributed by atoms with Crippen LogP contribution in [-0.2, 0) is 0 Å². The van der Waals surface area contributed by atoms with E-state index in [2.05, 4.69) is 0 Å². The van der Waals surface area contributed by atoms with Crippen LogP contribution in [0, 0.1) is 0 Å². The van der Waals surface area contributed by atoms with Crippen LogP contribution in [0.2, 0.25) is 0 Å². The van der Waals surface area contributed by atoms with Crippen LogP contribution in [0.4, 0.5) is 0 Å². The Hall–Kier alpha value is -3.08. The van der Waals surface area contributed by atoms with Gasteiger partial charge in [-0.15, -0.1) is 0 Å². The molecule has 0 fully saturated rings. The molecule has 108 valence electrons. The van der Waals surface area contributed by atoms with Gasteiger partial charge in [-0.25, -0.2) is 0 Å². The molecule has 0 saturated carbocycles. The topological polar surface area (TPSA) is 101 Å². The molecule has 5 N–H and O–H groups in total. The number of phenolic OH excluding ortho intramolecular Hbond substituents is 5. The van der Waals surface area contributed by atoms with E-state index in [1.807, 2.05) is 24.3 Å². The van der Waals surface area contributed by atoms with Crippen molar-refractivity contribution in [3.8, 4) is 28.7 Å². The first kappa shape index (κ1) is 14.3. The highest BCUT2D eigenvalue weighted by molar-refractivity contribution is 5.85. The maximum Gasteiger partial charge on any atom is 0.200 e. The maximum absolute atomic E-state index is 9.17. The van der Waals surface area contributed by atoms with Crippen LogP contribution in [0.25, 0.3) is 10.8 Å². The summed E-state index contributed by atoms with van der Waals surface area (Å²) in [5.74, 6) is -1.25. The predicted octanol–water partition coefficient (Wildman–Crippen LogP) is 3.05. The molecule has 0 aliphatic rings. The minimum atomic E-state index is -0.475. The number of fused-ring (bicyclic) bond motifs is 1. The van der Waals surface area contributed by atoms with Gasteiger partial charge in [0.25, 0.3) is 0 Å². The van der Waals surface area contributed by atoms with Crippen molar-refractivity contribution in [3.05, 3.63) is 54.6 Å². The minimum absolute atomic E-state index is 0.0753. The Balaban J connectivity index is 0.000000161. The fourth-order valence-corrected chi connectivity index (χ4v) is 1.74. The summed E-state index contributed by atoms with van der Waals surface area (Å²) in [6.07, 6.45) is 0. The molecular formula is C16H14O5. The normalized spacial score (nSPS) is 9.90. The molecule has 0 atom stereocenters. The van der Waals surface area contributed by atoms with Crippen molar-refractivity contribution in [1.29, 1.82) is 0 Å². The average molecular weight is 286 g/mol. The summed E-state index contributed by atoms with van der Waals surface area (Å²) in [6.45, 7) is 0. The third-order valence-electron chi connectivity index (χ3n) is 2.84. The van der Waals surface area contributed by atoms with Crippen molar-refractivity contribution < 1.29 is 25.5 Å². The SMILES string of the molecule is Oc1cc2ccccc2cc1O.Oc1cccc(O)c1O. The summed E-state index contributed by atoms with van der Waals surface area (Å²) in [7, 11) is 0. The molecule has 0 amide bonds. The molecule has 0 unspecified atom stereocenters. The number of rotatable bonds is 0. The van der Waals surface area contributed by atoms with E-state index in [-0.39, 0.29) is 23.0 Å². The quantitative estimate of drug-likeness (QED) is 0.409. The van der Waals surface area contributed by atoms with Crippen molar-refractivity contribution in [2.24, 2.45) is 0 Å². The van der Waals surface area contributed by atoms with E-state index in [4.69, 9.17) is 25.5 Å². The van der Waals surface area contributed by atoms with Gasteiger partial charge in [-0.1, -0.05) is 30.3 Å². The molecule has 0 aromatic heterocycles. The second-order valence-electron chi connectivity index (χ2n) is 4.33. The van der Waals surface area contributed by atoms with Crippen LogP contribution in [0.15, 0.2) is 54.6 Å². The molecule has 0 saturated heterocycles. The third-order valence-corrected chi connectivity index (χ3v) is 2.84. The van der Waals surface area contributed by atoms with Gasteiger partial charge in [-0.05, 0) is 35.0 Å². The molecule has 3 rings (SSSR count). The molecule has 0 heterocycles. The third kappa shape index (κ3) is 3.27. The number of hydrogen-bond acceptors (Lipinski definition) is 5. The Morgan fingerprint density at radius 1 is 0.476 bits per heavy atom. The lowest BCUT2D eigenvalue weighted by Crippen LogP contribution is -1.72. The van der Waals surface area contributed by atoms with Crippen LogP contribution in [0.1, 0.15) is 0 Å². The summed E-state index contributed by atoms with van der Waals surface area (Å²) in [5, 5.41) is 46.3. The van der Waals surface area contributed by atoms with Crippen LogP contribution in [0.5, 0.6) is 28.7 Å². The van der Waals surface area contributed by atoms with Crippen molar-refractivity contribution in [2.75, 3.05) is 0 Å². The Bertz CT molecular complexity index is 707. The van der Waals surface area contributed by atoms with Crippen molar-refractivity contribution in [1.82, 2.24) is 0 Å². The molecule has 5 heteroatoms. The van der Waals surface area contributed by atoms with Gasteiger partial charge in [0, 0.05) is 0 Å². The van der Waals surface area contributed by atoms with Crippen LogP contribution in [0.3, 0.4) is 0 Å². The molecule has 0 bridgehead atoms. The molecule has 3 aromatic rings. The van der Waals surface area contributed by atoms with Gasteiger partial charge < -0.3 is 25.5 Å². The van der Waals surface area contributed by atoms with Crippen molar-refractivity contribution in [2.45, 2.75) is 0 Å². The molecule has 0 aliphatic heterocycles. The highest BCUT2D eigenvalue weighted by Crippen LogP contribution is 2.32. The second-order valence-corrected chi connectivity index (χ2v) is 4.33. The summed E-state index contributed by atoms with van der Waals surface area (Å²) >= 11 is 0. The van der Waals surface area contributed by atoms with Gasteiger partial charge in [-0.3, -0.25) is 0 Å². The Morgan fingerprint density at radius 3 is 1.29 bits per heavy atom. The summed E-state index contributed by atoms with van der Waals surface area (Å²) in [4.78, 5) is 0. The van der Waals surface area contributed by atoms with Crippen LogP contribution >= 0.6 is 0 Å². The maximum atomic E-state index is 9.17. The lowest BCUT2D eigenvalue weighted by molar-refractivity contribution is 0.368. The Kier molecular flexibility index (Phi) is 4.04. The van der Waals surface area contributed by atoms with Gasteiger partial charge in [0.15, 0.2) is 28.7 Å². The number of phenols is 5. The molecule has 3 aromatic carbocycles. The highest BCUT2D eigenvalue weighted by Gasteiger charge is 2.01. The largest absolute Gasteiger partial charge is 0.504 e. The standard InChI is InChI=1S/C10H8O2.C6H6O3/c11-9-5-7-3-1-2-4-8(7)6-10(9)12;7-4-2-1-3-5(8)6(4)9/h1-6,11-12H;1-3,7-9H. The summed E-state index contributed by atoms with van der Waals surface area (Å²) in [6, 6.07) is 14.6. The smallest absolute Gasteiger partial charge is 0.200 e. The van der Waals surface area contributed by atoms with E-state index < -0.39 is 5.75 Å². The first-order chi connectivity index (χ1) is 9.99. The van der Waals surface area contributed by atoms with Crippen molar-refractivity contribution in [3.63, 3.8) is 0 Å². The van der Waals surface area contributed by atoms with E-state index in [9.17, 15) is 0 Å². The van der Waals surface area contributed by atoms with E-state index in [1.54, 1.807) is 12.1 Å². The van der Waals surface area contributed by atoms with Gasteiger partial charge in [0.1, 0.15) is 0 Å². The highest BCUT2D eigenvalue weighted by atomic mass is 16.3. The number of para-hydroxylation sites is 1. The molecule has 0 aliphatic carbocycles. The van der Waals surface area contributed by atoms with Gasteiger partial charge >= 0.3 is 0 Å². The summed E-state index contributed by atoms with van der Waals surface area (Å²) < 4.78 is 0. The molecular weight excluding hydrogens is 272 g/mol. The zero-order valence-electron chi connectivity index (χ0n) is 10.9. The number of benzene rings is 3. The first-order valence-corrected chi connectivity index (χ1v) is 6.09. The number of hydrogen-bond donors (Lipinski definition) is 5. The first-order valence-electron chi connectivity index (χ1n) is 6.09. The molecule has 0 radical (unpaired) electrons. The molecule has 0 spiro atoms.